The number of hydrogen-bond acceptors (Lipinski definition) is 4. The predicted molar refractivity (Wildman–Crippen MR) is 103 cm³/mol. The standard InChI is InChI=1S/C20H30N4O2/c1-14-4-7-18(15(2)12-14)22-19(25)13-23-8-10-24(11-9-23)16(3)20(26)21-17-5-6-17/h4,7,12,16-17H,5-6,8-11,13H2,1-3H3,(H,21,26)(H,22,25). The molecule has 2 fully saturated rings. The Balaban J connectivity index is 1.43. The molecule has 1 atom stereocenters. The number of rotatable bonds is 6. The quantitative estimate of drug-likeness (QED) is 0.809. The molecule has 2 amide bonds. The number of nitrogens with zero attached hydrogens (tertiary/aromatic N) is 2. The minimum atomic E-state index is -0.0956. The fourth-order valence-electron chi connectivity index (χ4n) is 3.37. The number of benzene rings is 1. The highest BCUT2D eigenvalue weighted by Crippen LogP contribution is 2.19. The second-order valence-corrected chi connectivity index (χ2v) is 7.64. The molecule has 1 heterocycles. The van der Waals surface area contributed by atoms with Crippen LogP contribution in [0, 0.1) is 13.8 Å². The Morgan fingerprint density at radius 2 is 1.85 bits per heavy atom. The molecule has 0 radical (unpaired) electrons. The van der Waals surface area contributed by atoms with Crippen molar-refractivity contribution in [1.82, 2.24) is 15.1 Å². The Bertz CT molecular complexity index is 664. The third kappa shape index (κ3) is 5.05. The number of nitrogens with one attached hydrogen (secondary N) is 2. The van der Waals surface area contributed by atoms with Crippen molar-refractivity contribution in [3.05, 3.63) is 29.3 Å². The third-order valence-electron chi connectivity index (χ3n) is 5.28. The van der Waals surface area contributed by atoms with E-state index in [4.69, 9.17) is 0 Å². The van der Waals surface area contributed by atoms with E-state index in [-0.39, 0.29) is 17.9 Å². The fourth-order valence-corrected chi connectivity index (χ4v) is 3.37. The first-order chi connectivity index (χ1) is 12.4. The normalized spacial score (nSPS) is 19.8. The van der Waals surface area contributed by atoms with Crippen LogP contribution in [0.1, 0.15) is 30.9 Å². The van der Waals surface area contributed by atoms with Crippen LogP contribution in [0.4, 0.5) is 5.69 Å². The number of anilines is 1. The zero-order valence-electron chi connectivity index (χ0n) is 16.0. The molecule has 2 N–H and O–H groups in total. The average Bonchev–Trinajstić information content (AvgIpc) is 3.41. The maximum absolute atomic E-state index is 12.3. The van der Waals surface area contributed by atoms with Crippen molar-refractivity contribution in [2.24, 2.45) is 0 Å². The number of aryl methyl sites for hydroxylation is 2. The van der Waals surface area contributed by atoms with E-state index in [1.54, 1.807) is 0 Å². The largest absolute Gasteiger partial charge is 0.352 e. The molecule has 6 heteroatoms. The van der Waals surface area contributed by atoms with Crippen LogP contribution in [-0.2, 0) is 9.59 Å². The highest BCUT2D eigenvalue weighted by molar-refractivity contribution is 5.93. The zero-order chi connectivity index (χ0) is 18.7. The summed E-state index contributed by atoms with van der Waals surface area (Å²) in [5, 5.41) is 6.08. The fraction of sp³-hybridized carbons (Fsp3) is 0.600. The van der Waals surface area contributed by atoms with Crippen LogP contribution >= 0.6 is 0 Å². The van der Waals surface area contributed by atoms with Gasteiger partial charge in [-0.2, -0.15) is 0 Å². The summed E-state index contributed by atoms with van der Waals surface area (Å²) in [4.78, 5) is 28.9. The molecule has 142 valence electrons. The number of carbonyl (C=O) groups excluding carboxylic acids is 2. The van der Waals surface area contributed by atoms with Gasteiger partial charge in [-0.25, -0.2) is 0 Å². The Kier molecular flexibility index (Phi) is 5.94. The van der Waals surface area contributed by atoms with Crippen LogP contribution in [0.3, 0.4) is 0 Å². The van der Waals surface area contributed by atoms with E-state index >= 15 is 0 Å². The molecule has 6 nitrogen and oxygen atoms in total. The van der Waals surface area contributed by atoms with E-state index in [1.807, 2.05) is 32.9 Å². The Morgan fingerprint density at radius 1 is 1.15 bits per heavy atom. The number of amides is 2. The zero-order valence-corrected chi connectivity index (χ0v) is 16.0. The summed E-state index contributed by atoms with van der Waals surface area (Å²) in [7, 11) is 0. The molecule has 0 aromatic heterocycles. The molecular weight excluding hydrogens is 328 g/mol. The van der Waals surface area contributed by atoms with Crippen molar-refractivity contribution in [3.63, 3.8) is 0 Å². The van der Waals surface area contributed by atoms with E-state index in [1.165, 1.54) is 5.56 Å². The first kappa shape index (κ1) is 18.9. The van der Waals surface area contributed by atoms with E-state index in [9.17, 15) is 9.59 Å². The summed E-state index contributed by atoms with van der Waals surface area (Å²) in [6.45, 7) is 9.67. The molecule has 0 spiro atoms. The first-order valence-corrected chi connectivity index (χ1v) is 9.56. The maximum Gasteiger partial charge on any atom is 0.238 e. The van der Waals surface area contributed by atoms with Crippen LogP contribution in [0.15, 0.2) is 18.2 Å². The molecule has 1 aliphatic carbocycles. The van der Waals surface area contributed by atoms with Gasteiger partial charge < -0.3 is 10.6 Å². The summed E-state index contributed by atoms with van der Waals surface area (Å²) >= 11 is 0. The molecule has 3 rings (SSSR count). The van der Waals surface area contributed by atoms with Crippen molar-refractivity contribution in [2.75, 3.05) is 38.0 Å². The van der Waals surface area contributed by atoms with Crippen LogP contribution < -0.4 is 10.6 Å². The van der Waals surface area contributed by atoms with Gasteiger partial charge in [-0.3, -0.25) is 19.4 Å². The topological polar surface area (TPSA) is 64.7 Å². The minimum Gasteiger partial charge on any atom is -0.352 e. The molecule has 1 saturated carbocycles. The molecule has 26 heavy (non-hydrogen) atoms. The Labute approximate surface area is 155 Å². The lowest BCUT2D eigenvalue weighted by molar-refractivity contribution is -0.127. The van der Waals surface area contributed by atoms with Crippen LogP contribution in [-0.4, -0.2) is 66.4 Å². The van der Waals surface area contributed by atoms with Gasteiger partial charge in [0.2, 0.25) is 11.8 Å². The predicted octanol–water partition coefficient (Wildman–Crippen LogP) is 1.53. The Hall–Kier alpha value is -1.92. The monoisotopic (exact) mass is 358 g/mol. The summed E-state index contributed by atoms with van der Waals surface area (Å²) in [6, 6.07) is 6.35. The summed E-state index contributed by atoms with van der Waals surface area (Å²) in [5.74, 6) is 0.151. The molecule has 1 aromatic rings. The summed E-state index contributed by atoms with van der Waals surface area (Å²) in [6.07, 6.45) is 2.23. The van der Waals surface area contributed by atoms with Gasteiger partial charge in [0.25, 0.3) is 0 Å². The molecule has 1 unspecified atom stereocenters. The van der Waals surface area contributed by atoms with E-state index in [0.29, 0.717) is 12.6 Å². The van der Waals surface area contributed by atoms with Gasteiger partial charge in [-0.15, -0.1) is 0 Å². The SMILES string of the molecule is Cc1ccc(NC(=O)CN2CCN(C(C)C(=O)NC3CC3)CC2)c(C)c1. The van der Waals surface area contributed by atoms with Gasteiger partial charge in [0, 0.05) is 37.9 Å². The van der Waals surface area contributed by atoms with Crippen molar-refractivity contribution >= 4 is 17.5 Å². The van der Waals surface area contributed by atoms with Crippen LogP contribution in [0.5, 0.6) is 0 Å². The van der Waals surface area contributed by atoms with E-state index < -0.39 is 0 Å². The molecule has 0 bridgehead atoms. The van der Waals surface area contributed by atoms with Crippen molar-refractivity contribution in [3.8, 4) is 0 Å². The lowest BCUT2D eigenvalue weighted by Crippen LogP contribution is -2.55. The number of piperazine rings is 1. The van der Waals surface area contributed by atoms with Gasteiger partial charge in [-0.05, 0) is 45.2 Å². The van der Waals surface area contributed by atoms with Gasteiger partial charge in [-0.1, -0.05) is 17.7 Å². The van der Waals surface area contributed by atoms with E-state index in [2.05, 4.69) is 26.5 Å². The van der Waals surface area contributed by atoms with Gasteiger partial charge in [0.1, 0.15) is 0 Å². The second kappa shape index (κ2) is 8.18. The molecular formula is C20H30N4O2. The highest BCUT2D eigenvalue weighted by Gasteiger charge is 2.30. The number of hydrogen-bond donors (Lipinski definition) is 2. The smallest absolute Gasteiger partial charge is 0.238 e. The first-order valence-electron chi connectivity index (χ1n) is 9.56. The van der Waals surface area contributed by atoms with E-state index in [0.717, 1.165) is 50.3 Å². The van der Waals surface area contributed by atoms with Gasteiger partial charge >= 0.3 is 0 Å². The maximum atomic E-state index is 12.3. The summed E-state index contributed by atoms with van der Waals surface area (Å²) < 4.78 is 0. The molecule has 1 aliphatic heterocycles. The highest BCUT2D eigenvalue weighted by atomic mass is 16.2. The van der Waals surface area contributed by atoms with Gasteiger partial charge in [0.05, 0.1) is 12.6 Å². The molecule has 1 saturated heterocycles. The van der Waals surface area contributed by atoms with Crippen LogP contribution in [0.25, 0.3) is 0 Å². The van der Waals surface area contributed by atoms with Gasteiger partial charge in [0.15, 0.2) is 0 Å². The third-order valence-corrected chi connectivity index (χ3v) is 5.28. The second-order valence-electron chi connectivity index (χ2n) is 7.64. The molecule has 2 aliphatic rings. The Morgan fingerprint density at radius 3 is 2.46 bits per heavy atom. The average molecular weight is 358 g/mol. The lowest BCUT2D eigenvalue weighted by atomic mass is 10.1. The van der Waals surface area contributed by atoms with Crippen LogP contribution in [0.2, 0.25) is 0 Å². The number of carbonyl (C=O) groups is 2. The lowest BCUT2D eigenvalue weighted by Gasteiger charge is -2.37. The summed E-state index contributed by atoms with van der Waals surface area (Å²) in [5.41, 5.74) is 3.15. The molecule has 1 aromatic carbocycles. The van der Waals surface area contributed by atoms with Crippen molar-refractivity contribution in [2.45, 2.75) is 45.7 Å². The van der Waals surface area contributed by atoms with Crippen molar-refractivity contribution < 1.29 is 9.59 Å². The van der Waals surface area contributed by atoms with Crippen molar-refractivity contribution in [1.29, 1.82) is 0 Å². The minimum absolute atomic E-state index is 0.0185.